The van der Waals surface area contributed by atoms with Crippen LogP contribution in [0.1, 0.15) is 0 Å². The van der Waals surface area contributed by atoms with Crippen molar-refractivity contribution in [2.45, 2.75) is 9.92 Å². The highest BCUT2D eigenvalue weighted by Crippen LogP contribution is 2.34. The van der Waals surface area contributed by atoms with E-state index in [0.717, 1.165) is 11.8 Å². The molecule has 0 aliphatic rings. The van der Waals surface area contributed by atoms with Gasteiger partial charge in [-0.2, -0.15) is 0 Å². The number of phenolic OH excluding ortho intramolecular Hbond substituents is 1. The highest BCUT2D eigenvalue weighted by molar-refractivity contribution is 7.99. The van der Waals surface area contributed by atoms with E-state index in [9.17, 15) is 9.90 Å². The predicted octanol–water partition coefficient (Wildman–Crippen LogP) is 2.28. The number of nitrogens with one attached hydrogen (secondary N) is 1. The van der Waals surface area contributed by atoms with E-state index in [2.05, 4.69) is 9.97 Å². The normalized spacial score (nSPS) is 10.3. The first-order chi connectivity index (χ1) is 7.68. The fraction of sp³-hybridized carbons (Fsp3) is 0. The Kier molecular flexibility index (Phi) is 3.17. The molecule has 0 radical (unpaired) electrons. The minimum Gasteiger partial charge on any atom is -0.507 e. The topological polar surface area (TPSA) is 66.0 Å². The number of hydrogen-bond donors (Lipinski definition) is 2. The maximum atomic E-state index is 11.2. The summed E-state index contributed by atoms with van der Waals surface area (Å²) in [5.41, 5.74) is -0.394. The Bertz CT molecular complexity index is 571. The second kappa shape index (κ2) is 4.59. The van der Waals surface area contributed by atoms with Crippen molar-refractivity contribution in [3.63, 3.8) is 0 Å². The number of aromatic hydroxyl groups is 1. The smallest absolute Gasteiger partial charge is 0.270 e. The highest BCUT2D eigenvalue weighted by Gasteiger charge is 2.09. The molecule has 2 aromatic rings. The van der Waals surface area contributed by atoms with Gasteiger partial charge in [0.15, 0.2) is 0 Å². The van der Waals surface area contributed by atoms with Crippen molar-refractivity contribution in [3.05, 3.63) is 46.0 Å². The van der Waals surface area contributed by atoms with Gasteiger partial charge in [-0.3, -0.25) is 4.79 Å². The van der Waals surface area contributed by atoms with Gasteiger partial charge in [-0.05, 0) is 12.1 Å². The summed E-state index contributed by atoms with van der Waals surface area (Å²) in [7, 11) is 0. The molecule has 1 heterocycles. The van der Waals surface area contributed by atoms with E-state index in [1.165, 1.54) is 6.33 Å². The Morgan fingerprint density at radius 3 is 2.88 bits per heavy atom. The first-order valence-electron chi connectivity index (χ1n) is 4.37. The summed E-state index contributed by atoms with van der Waals surface area (Å²) in [5.74, 6) is 0.130. The molecule has 0 saturated carbocycles. The van der Waals surface area contributed by atoms with E-state index in [-0.39, 0.29) is 10.8 Å². The van der Waals surface area contributed by atoms with Crippen molar-refractivity contribution in [1.82, 2.24) is 9.97 Å². The van der Waals surface area contributed by atoms with Crippen LogP contribution in [0.2, 0.25) is 5.02 Å². The number of aromatic nitrogens is 2. The third-order valence-corrected chi connectivity index (χ3v) is 3.37. The largest absolute Gasteiger partial charge is 0.507 e. The molecule has 0 spiro atoms. The van der Waals surface area contributed by atoms with E-state index in [0.29, 0.717) is 9.92 Å². The van der Waals surface area contributed by atoms with Crippen LogP contribution in [0.15, 0.2) is 45.3 Å². The monoisotopic (exact) mass is 254 g/mol. The molecule has 16 heavy (non-hydrogen) atoms. The molecule has 0 unspecified atom stereocenters. The van der Waals surface area contributed by atoms with Gasteiger partial charge in [-0.25, -0.2) is 4.98 Å². The van der Waals surface area contributed by atoms with Crippen LogP contribution in [0, 0.1) is 0 Å². The third kappa shape index (κ3) is 2.20. The van der Waals surface area contributed by atoms with Gasteiger partial charge >= 0.3 is 0 Å². The molecule has 1 aromatic heterocycles. The molecule has 1 aromatic carbocycles. The molecule has 0 atom stereocenters. The SMILES string of the molecule is O=c1[nH]cnc(Sc2ccccc2O)c1Cl. The van der Waals surface area contributed by atoms with E-state index in [4.69, 9.17) is 11.6 Å². The number of hydrogen-bond acceptors (Lipinski definition) is 4. The molecule has 82 valence electrons. The summed E-state index contributed by atoms with van der Waals surface area (Å²) in [5, 5.41) is 9.95. The number of rotatable bonds is 2. The maximum Gasteiger partial charge on any atom is 0.270 e. The van der Waals surface area contributed by atoms with Crippen LogP contribution in [0.3, 0.4) is 0 Å². The average Bonchev–Trinajstić information content (AvgIpc) is 2.28. The highest BCUT2D eigenvalue weighted by atomic mass is 35.5. The van der Waals surface area contributed by atoms with Gasteiger partial charge in [-0.15, -0.1) is 0 Å². The first-order valence-corrected chi connectivity index (χ1v) is 5.57. The summed E-state index contributed by atoms with van der Waals surface area (Å²) in [4.78, 5) is 18.1. The van der Waals surface area contributed by atoms with Crippen LogP contribution >= 0.6 is 23.4 Å². The lowest BCUT2D eigenvalue weighted by molar-refractivity contribution is 0.462. The first kappa shape index (κ1) is 11.0. The maximum absolute atomic E-state index is 11.2. The van der Waals surface area contributed by atoms with Gasteiger partial charge in [0.25, 0.3) is 5.56 Å². The van der Waals surface area contributed by atoms with Crippen LogP contribution in [-0.2, 0) is 0 Å². The average molecular weight is 255 g/mol. The van der Waals surface area contributed by atoms with E-state index in [1.807, 2.05) is 0 Å². The van der Waals surface area contributed by atoms with Crippen molar-refractivity contribution in [2.24, 2.45) is 0 Å². The molecule has 0 aliphatic heterocycles. The lowest BCUT2D eigenvalue weighted by atomic mass is 10.3. The van der Waals surface area contributed by atoms with Crippen LogP contribution < -0.4 is 5.56 Å². The Morgan fingerprint density at radius 2 is 2.12 bits per heavy atom. The van der Waals surface area contributed by atoms with Crippen molar-refractivity contribution < 1.29 is 5.11 Å². The van der Waals surface area contributed by atoms with Crippen LogP contribution in [-0.4, -0.2) is 15.1 Å². The Balaban J connectivity index is 2.38. The van der Waals surface area contributed by atoms with Crippen LogP contribution in [0.4, 0.5) is 0 Å². The summed E-state index contributed by atoms with van der Waals surface area (Å²) >= 11 is 6.93. The molecular formula is C10H7ClN2O2S. The lowest BCUT2D eigenvalue weighted by Gasteiger charge is -2.03. The van der Waals surface area contributed by atoms with Crippen molar-refractivity contribution in [3.8, 4) is 5.75 Å². The van der Waals surface area contributed by atoms with Gasteiger partial charge in [0.05, 0.1) is 11.2 Å². The number of para-hydroxylation sites is 1. The van der Waals surface area contributed by atoms with Crippen molar-refractivity contribution in [2.75, 3.05) is 0 Å². The van der Waals surface area contributed by atoms with E-state index >= 15 is 0 Å². The quantitative estimate of drug-likeness (QED) is 0.807. The molecule has 0 bridgehead atoms. The Hall–Kier alpha value is -1.46. The summed E-state index contributed by atoms with van der Waals surface area (Å²) in [6.45, 7) is 0. The number of phenols is 1. The number of benzene rings is 1. The van der Waals surface area contributed by atoms with Gasteiger partial charge in [0.1, 0.15) is 15.8 Å². The van der Waals surface area contributed by atoms with Gasteiger partial charge in [0.2, 0.25) is 0 Å². The molecule has 2 rings (SSSR count). The molecule has 0 saturated heterocycles. The minimum absolute atomic E-state index is 0.0238. The van der Waals surface area contributed by atoms with Crippen LogP contribution in [0.5, 0.6) is 5.75 Å². The van der Waals surface area contributed by atoms with Crippen molar-refractivity contribution >= 4 is 23.4 Å². The van der Waals surface area contributed by atoms with E-state index in [1.54, 1.807) is 24.3 Å². The third-order valence-electron chi connectivity index (χ3n) is 1.84. The van der Waals surface area contributed by atoms with Crippen molar-refractivity contribution in [1.29, 1.82) is 0 Å². The summed E-state index contributed by atoms with van der Waals surface area (Å²) in [6.07, 6.45) is 1.27. The number of halogens is 1. The zero-order valence-electron chi connectivity index (χ0n) is 7.98. The molecule has 0 amide bonds. The molecule has 0 aliphatic carbocycles. The molecular weight excluding hydrogens is 248 g/mol. The number of nitrogens with zero attached hydrogens (tertiary/aromatic N) is 1. The molecule has 6 heteroatoms. The van der Waals surface area contributed by atoms with Gasteiger partial charge in [-0.1, -0.05) is 35.5 Å². The molecule has 4 nitrogen and oxygen atoms in total. The Labute approximate surface area is 100 Å². The predicted molar refractivity (Wildman–Crippen MR) is 62.1 cm³/mol. The Morgan fingerprint density at radius 1 is 1.38 bits per heavy atom. The zero-order chi connectivity index (χ0) is 11.5. The second-order valence-corrected chi connectivity index (χ2v) is 4.33. The number of aromatic amines is 1. The van der Waals surface area contributed by atoms with Gasteiger partial charge < -0.3 is 10.1 Å². The standard InChI is InChI=1S/C10H7ClN2O2S/c11-8-9(15)12-5-13-10(8)16-7-4-2-1-3-6(7)14/h1-5,14H,(H,12,13,15). The molecule has 2 N–H and O–H groups in total. The van der Waals surface area contributed by atoms with E-state index < -0.39 is 5.56 Å². The fourth-order valence-electron chi connectivity index (χ4n) is 1.09. The fourth-order valence-corrected chi connectivity index (χ4v) is 2.12. The summed E-state index contributed by atoms with van der Waals surface area (Å²) < 4.78 is 0. The minimum atomic E-state index is -0.394. The molecule has 0 fully saturated rings. The van der Waals surface area contributed by atoms with Crippen LogP contribution in [0.25, 0.3) is 0 Å². The second-order valence-electron chi connectivity index (χ2n) is 2.92. The lowest BCUT2D eigenvalue weighted by Crippen LogP contribution is -2.07. The van der Waals surface area contributed by atoms with Gasteiger partial charge in [0, 0.05) is 0 Å². The zero-order valence-corrected chi connectivity index (χ0v) is 9.55. The summed E-state index contributed by atoms with van der Waals surface area (Å²) in [6, 6.07) is 6.78. The number of H-pyrrole nitrogens is 1.